The van der Waals surface area contributed by atoms with Crippen molar-refractivity contribution in [3.8, 4) is 0 Å². The van der Waals surface area contributed by atoms with E-state index in [1.54, 1.807) is 12.1 Å². The molecule has 26 heavy (non-hydrogen) atoms. The van der Waals surface area contributed by atoms with Crippen molar-refractivity contribution in [2.24, 2.45) is 17.8 Å². The molecule has 1 aromatic carbocycles. The second-order valence-electron chi connectivity index (χ2n) is 9.06. The molecule has 0 saturated heterocycles. The van der Waals surface area contributed by atoms with Crippen molar-refractivity contribution < 1.29 is 9.72 Å². The third-order valence-electron chi connectivity index (χ3n) is 6.81. The summed E-state index contributed by atoms with van der Waals surface area (Å²) in [6.07, 6.45) is 9.29. The normalized spacial score (nSPS) is 34.5. The molecule has 0 heterocycles. The van der Waals surface area contributed by atoms with Gasteiger partial charge in [0.25, 0.3) is 11.6 Å². The molecule has 1 amide bonds. The van der Waals surface area contributed by atoms with Crippen molar-refractivity contribution >= 4 is 17.3 Å². The Morgan fingerprint density at radius 3 is 2.23 bits per heavy atom. The molecule has 4 bridgehead atoms. The van der Waals surface area contributed by atoms with Gasteiger partial charge in [0.2, 0.25) is 0 Å². The summed E-state index contributed by atoms with van der Waals surface area (Å²) in [5, 5.41) is 17.9. The highest BCUT2D eigenvalue weighted by atomic mass is 16.6. The van der Waals surface area contributed by atoms with E-state index in [-0.39, 0.29) is 17.1 Å². The molecule has 0 unspecified atom stereocenters. The zero-order chi connectivity index (χ0) is 17.9. The Morgan fingerprint density at radius 2 is 1.69 bits per heavy atom. The lowest BCUT2D eigenvalue weighted by molar-refractivity contribution is -0.384. The second-order valence-corrected chi connectivity index (χ2v) is 9.06. The zero-order valence-electron chi connectivity index (χ0n) is 14.9. The minimum absolute atomic E-state index is 0.00457. The molecule has 0 aromatic heterocycles. The number of carbonyl (C=O) groups excluding carboxylic acids is 1. The molecule has 5 saturated carbocycles. The molecular formula is C20H25N3O3. The minimum Gasteiger partial charge on any atom is -0.377 e. The van der Waals surface area contributed by atoms with Crippen molar-refractivity contribution in [2.45, 2.75) is 62.9 Å². The Kier molecular flexibility index (Phi) is 3.52. The average Bonchev–Trinajstić information content (AvgIpc) is 3.37. The highest BCUT2D eigenvalue weighted by molar-refractivity contribution is 5.96. The molecule has 5 aliphatic carbocycles. The number of nitrogens with zero attached hydrogens (tertiary/aromatic N) is 1. The van der Waals surface area contributed by atoms with Gasteiger partial charge < -0.3 is 10.6 Å². The van der Waals surface area contributed by atoms with Gasteiger partial charge in [-0.3, -0.25) is 14.9 Å². The Morgan fingerprint density at radius 1 is 1.08 bits per heavy atom. The van der Waals surface area contributed by atoms with Crippen LogP contribution in [-0.2, 0) is 0 Å². The zero-order valence-corrected chi connectivity index (χ0v) is 14.9. The van der Waals surface area contributed by atoms with E-state index in [4.69, 9.17) is 0 Å². The summed E-state index contributed by atoms with van der Waals surface area (Å²) in [6.45, 7) is 0. The molecule has 2 N–H and O–H groups in total. The van der Waals surface area contributed by atoms with E-state index in [0.717, 1.165) is 49.9 Å². The monoisotopic (exact) mass is 355 g/mol. The van der Waals surface area contributed by atoms with Gasteiger partial charge in [0.15, 0.2) is 0 Å². The molecule has 1 aromatic rings. The van der Waals surface area contributed by atoms with Gasteiger partial charge >= 0.3 is 0 Å². The summed E-state index contributed by atoms with van der Waals surface area (Å²) in [6, 6.07) is 5.17. The number of benzene rings is 1. The van der Waals surface area contributed by atoms with Crippen LogP contribution in [0.4, 0.5) is 11.4 Å². The maximum atomic E-state index is 12.9. The van der Waals surface area contributed by atoms with E-state index in [0.29, 0.717) is 17.3 Å². The summed E-state index contributed by atoms with van der Waals surface area (Å²) in [4.78, 5) is 23.9. The Bertz CT molecular complexity index is 736. The van der Waals surface area contributed by atoms with Crippen molar-refractivity contribution in [2.75, 3.05) is 5.32 Å². The molecule has 0 radical (unpaired) electrons. The maximum Gasteiger partial charge on any atom is 0.293 e. The lowest BCUT2D eigenvalue weighted by Crippen LogP contribution is -2.59. The fourth-order valence-electron chi connectivity index (χ4n) is 5.97. The molecule has 0 aliphatic heterocycles. The molecule has 6 heteroatoms. The van der Waals surface area contributed by atoms with Crippen LogP contribution in [0.1, 0.15) is 61.7 Å². The van der Waals surface area contributed by atoms with Gasteiger partial charge in [-0.1, -0.05) is 0 Å². The summed E-state index contributed by atoms with van der Waals surface area (Å²) >= 11 is 0. The number of nitro benzene ring substituents is 1. The van der Waals surface area contributed by atoms with E-state index < -0.39 is 4.92 Å². The lowest BCUT2D eigenvalue weighted by atomic mass is 9.53. The minimum atomic E-state index is -0.397. The predicted octanol–water partition coefficient (Wildman–Crippen LogP) is 3.87. The number of carbonyl (C=O) groups is 1. The van der Waals surface area contributed by atoms with Crippen LogP contribution >= 0.6 is 0 Å². The third-order valence-corrected chi connectivity index (χ3v) is 6.81. The molecule has 5 fully saturated rings. The van der Waals surface area contributed by atoms with E-state index in [1.165, 1.54) is 25.3 Å². The number of hydrogen-bond acceptors (Lipinski definition) is 4. The van der Waals surface area contributed by atoms with Gasteiger partial charge in [-0.15, -0.1) is 0 Å². The fourth-order valence-corrected chi connectivity index (χ4v) is 5.97. The first-order valence-corrected chi connectivity index (χ1v) is 9.87. The van der Waals surface area contributed by atoms with Crippen LogP contribution in [-0.4, -0.2) is 22.4 Å². The van der Waals surface area contributed by atoms with E-state index >= 15 is 0 Å². The first-order valence-electron chi connectivity index (χ1n) is 9.87. The fraction of sp³-hybridized carbons (Fsp3) is 0.650. The van der Waals surface area contributed by atoms with Crippen molar-refractivity contribution in [3.05, 3.63) is 33.9 Å². The summed E-state index contributed by atoms with van der Waals surface area (Å²) in [5.41, 5.74) is 0.832. The number of anilines is 1. The quantitative estimate of drug-likeness (QED) is 0.620. The van der Waals surface area contributed by atoms with Crippen molar-refractivity contribution in [1.82, 2.24) is 5.32 Å². The SMILES string of the molecule is O=C(NC12CC3CC(CC(C3)C1)C2)c1ccc(NC2CC2)c([N+](=O)[O-])c1. The van der Waals surface area contributed by atoms with Gasteiger partial charge in [-0.2, -0.15) is 0 Å². The van der Waals surface area contributed by atoms with Crippen LogP contribution in [0, 0.1) is 27.9 Å². The highest BCUT2D eigenvalue weighted by Gasteiger charge is 2.51. The Hall–Kier alpha value is -2.11. The van der Waals surface area contributed by atoms with Gasteiger partial charge in [0.1, 0.15) is 5.69 Å². The first-order chi connectivity index (χ1) is 12.5. The van der Waals surface area contributed by atoms with Crippen LogP contribution < -0.4 is 10.6 Å². The Balaban J connectivity index is 1.37. The van der Waals surface area contributed by atoms with Gasteiger partial charge in [0, 0.05) is 23.2 Å². The number of rotatable bonds is 5. The van der Waals surface area contributed by atoms with Crippen LogP contribution in [0.25, 0.3) is 0 Å². The number of amides is 1. The molecule has 6 nitrogen and oxygen atoms in total. The number of hydrogen-bond donors (Lipinski definition) is 2. The highest BCUT2D eigenvalue weighted by Crippen LogP contribution is 2.55. The molecular weight excluding hydrogens is 330 g/mol. The van der Waals surface area contributed by atoms with Gasteiger partial charge in [-0.05, 0) is 81.3 Å². The third kappa shape index (κ3) is 2.85. The molecule has 6 rings (SSSR count). The standard InChI is InChI=1S/C20H25N3O3/c24-19(22-20-9-12-5-13(10-20)7-14(6-12)11-20)15-1-4-17(21-16-2-3-16)18(8-15)23(25)26/h1,4,8,12-14,16,21H,2-3,5-7,9-11H2,(H,22,24). The van der Waals surface area contributed by atoms with Crippen LogP contribution in [0.5, 0.6) is 0 Å². The summed E-state index contributed by atoms with van der Waals surface area (Å²) in [5.74, 6) is 2.09. The van der Waals surface area contributed by atoms with E-state index in [1.807, 2.05) is 0 Å². The Labute approximate surface area is 152 Å². The maximum absolute atomic E-state index is 12.9. The summed E-state index contributed by atoms with van der Waals surface area (Å²) < 4.78 is 0. The van der Waals surface area contributed by atoms with E-state index in [2.05, 4.69) is 10.6 Å². The van der Waals surface area contributed by atoms with Gasteiger partial charge in [-0.25, -0.2) is 0 Å². The van der Waals surface area contributed by atoms with E-state index in [9.17, 15) is 14.9 Å². The molecule has 0 spiro atoms. The molecule has 0 atom stereocenters. The topological polar surface area (TPSA) is 84.3 Å². The predicted molar refractivity (Wildman–Crippen MR) is 98.1 cm³/mol. The lowest BCUT2D eigenvalue weighted by Gasteiger charge is -2.56. The molecule has 5 aliphatic rings. The largest absolute Gasteiger partial charge is 0.377 e. The second kappa shape index (κ2) is 5.69. The van der Waals surface area contributed by atoms with Crippen LogP contribution in [0.2, 0.25) is 0 Å². The van der Waals surface area contributed by atoms with Crippen LogP contribution in [0.15, 0.2) is 18.2 Å². The smallest absolute Gasteiger partial charge is 0.293 e. The first kappa shape index (κ1) is 16.1. The number of nitrogens with one attached hydrogen (secondary N) is 2. The molecule has 138 valence electrons. The van der Waals surface area contributed by atoms with Crippen molar-refractivity contribution in [1.29, 1.82) is 0 Å². The summed E-state index contributed by atoms with van der Waals surface area (Å²) in [7, 11) is 0. The van der Waals surface area contributed by atoms with Crippen LogP contribution in [0.3, 0.4) is 0 Å². The average molecular weight is 355 g/mol. The van der Waals surface area contributed by atoms with Gasteiger partial charge in [0.05, 0.1) is 4.92 Å². The van der Waals surface area contributed by atoms with Crippen molar-refractivity contribution in [3.63, 3.8) is 0 Å². The number of nitro groups is 1.